The number of nitrogens with two attached hydrogens (primary N) is 1. The summed E-state index contributed by atoms with van der Waals surface area (Å²) in [7, 11) is 0. The fourth-order valence-electron chi connectivity index (χ4n) is 5.54. The van der Waals surface area contributed by atoms with Gasteiger partial charge < -0.3 is 21.1 Å². The molecular formula is C29H34N8O. The molecule has 0 amide bonds. The Morgan fingerprint density at radius 2 is 1.76 bits per heavy atom. The van der Waals surface area contributed by atoms with Crippen molar-refractivity contribution in [2.45, 2.75) is 57.4 Å². The lowest BCUT2D eigenvalue weighted by Crippen LogP contribution is -2.41. The molecule has 196 valence electrons. The Kier molecular flexibility index (Phi) is 6.68. The van der Waals surface area contributed by atoms with Gasteiger partial charge >= 0.3 is 0 Å². The van der Waals surface area contributed by atoms with E-state index in [9.17, 15) is 0 Å². The number of fused-ring (bicyclic) bond motifs is 3. The van der Waals surface area contributed by atoms with Crippen LogP contribution in [-0.4, -0.2) is 43.7 Å². The minimum Gasteiger partial charge on any atom is -0.492 e. The second-order valence-electron chi connectivity index (χ2n) is 10.5. The van der Waals surface area contributed by atoms with Gasteiger partial charge in [-0.05, 0) is 80.5 Å². The third-order valence-corrected chi connectivity index (χ3v) is 7.61. The third-order valence-electron chi connectivity index (χ3n) is 7.61. The largest absolute Gasteiger partial charge is 0.492 e. The number of aryl methyl sites for hydroxylation is 2. The number of benzene rings is 2. The van der Waals surface area contributed by atoms with E-state index >= 15 is 0 Å². The first-order chi connectivity index (χ1) is 18.6. The zero-order valence-corrected chi connectivity index (χ0v) is 21.8. The number of anilines is 3. The molecule has 2 heterocycles. The Morgan fingerprint density at radius 1 is 0.974 bits per heavy atom. The minimum atomic E-state index is 0.249. The second kappa shape index (κ2) is 10.4. The lowest BCUT2D eigenvalue weighted by atomic mass is 10.0. The van der Waals surface area contributed by atoms with Crippen LogP contribution in [0, 0.1) is 0 Å². The summed E-state index contributed by atoms with van der Waals surface area (Å²) in [5.74, 6) is 2.03. The molecule has 0 atom stereocenters. The highest BCUT2D eigenvalue weighted by atomic mass is 16.5. The van der Waals surface area contributed by atoms with E-state index in [-0.39, 0.29) is 11.5 Å². The summed E-state index contributed by atoms with van der Waals surface area (Å²) in [5, 5.41) is 20.4. The number of nitrogens with zero attached hydrogens (tertiary/aromatic N) is 5. The normalized spacial score (nSPS) is 15.9. The van der Waals surface area contributed by atoms with Gasteiger partial charge in [0, 0.05) is 23.3 Å². The highest BCUT2D eigenvalue weighted by molar-refractivity contribution is 5.68. The molecule has 38 heavy (non-hydrogen) atoms. The van der Waals surface area contributed by atoms with E-state index in [4.69, 9.17) is 10.5 Å². The molecule has 1 saturated carbocycles. The van der Waals surface area contributed by atoms with Crippen molar-refractivity contribution < 1.29 is 4.74 Å². The molecule has 6 rings (SSSR count). The predicted molar refractivity (Wildman–Crippen MR) is 149 cm³/mol. The van der Waals surface area contributed by atoms with Crippen molar-refractivity contribution in [2.24, 2.45) is 0 Å². The average Bonchev–Trinajstić information content (AvgIpc) is 3.47. The van der Waals surface area contributed by atoms with Crippen molar-refractivity contribution in [2.75, 3.05) is 24.2 Å². The van der Waals surface area contributed by atoms with Gasteiger partial charge in [0.05, 0.1) is 5.69 Å². The van der Waals surface area contributed by atoms with Crippen LogP contribution in [0.15, 0.2) is 54.6 Å². The molecule has 0 radical (unpaired) electrons. The van der Waals surface area contributed by atoms with Crippen molar-refractivity contribution in [3.8, 4) is 22.8 Å². The zero-order chi connectivity index (χ0) is 26.0. The molecule has 2 aromatic carbocycles. The second-order valence-corrected chi connectivity index (χ2v) is 10.5. The lowest BCUT2D eigenvalue weighted by molar-refractivity contribution is 0.277. The van der Waals surface area contributed by atoms with Gasteiger partial charge in [-0.1, -0.05) is 37.1 Å². The number of hydrogen-bond donors (Lipinski definition) is 3. The van der Waals surface area contributed by atoms with Gasteiger partial charge in [0.1, 0.15) is 12.4 Å². The van der Waals surface area contributed by atoms with E-state index in [0.29, 0.717) is 18.4 Å². The van der Waals surface area contributed by atoms with Crippen LogP contribution < -0.4 is 21.1 Å². The number of ether oxygens (including phenoxy) is 1. The molecule has 2 aliphatic rings. The van der Waals surface area contributed by atoms with Gasteiger partial charge in [-0.2, -0.15) is 9.67 Å². The fourth-order valence-corrected chi connectivity index (χ4v) is 5.54. The number of hydrogen-bond acceptors (Lipinski definition) is 8. The summed E-state index contributed by atoms with van der Waals surface area (Å²) in [5.41, 5.74) is 11.9. The quantitative estimate of drug-likeness (QED) is 0.288. The first-order valence-corrected chi connectivity index (χ1v) is 13.5. The molecule has 2 aromatic heterocycles. The van der Waals surface area contributed by atoms with E-state index < -0.39 is 0 Å². The highest BCUT2D eigenvalue weighted by Crippen LogP contribution is 2.31. The molecule has 0 saturated heterocycles. The summed E-state index contributed by atoms with van der Waals surface area (Å²) in [6.45, 7) is 3.79. The molecule has 4 aromatic rings. The number of aromatic nitrogens is 5. The maximum Gasteiger partial charge on any atom is 0.248 e. The molecular weight excluding hydrogens is 476 g/mol. The monoisotopic (exact) mass is 510 g/mol. The first kappa shape index (κ1) is 24.4. The van der Waals surface area contributed by atoms with Crippen LogP contribution in [0.4, 0.5) is 17.6 Å². The molecule has 0 aliphatic heterocycles. The molecule has 0 spiro atoms. The molecule has 9 heteroatoms. The van der Waals surface area contributed by atoms with Crippen LogP contribution in [0.25, 0.3) is 17.1 Å². The van der Waals surface area contributed by atoms with E-state index in [0.717, 1.165) is 54.1 Å². The SMILES string of the molecule is CC1(NCCOc2ccc(Nc3nc(N)n(-c4cc5c(nn4)-c4ccccc4CCC5)n3)cc2)CCCC1. The Labute approximate surface area is 222 Å². The van der Waals surface area contributed by atoms with Crippen LogP contribution in [0.1, 0.15) is 50.2 Å². The lowest BCUT2D eigenvalue weighted by Gasteiger charge is -2.25. The maximum atomic E-state index is 6.21. The molecule has 0 unspecified atom stereocenters. The van der Waals surface area contributed by atoms with E-state index in [2.05, 4.69) is 56.0 Å². The number of nitrogen functional groups attached to an aromatic ring is 1. The molecule has 1 fully saturated rings. The van der Waals surface area contributed by atoms with Crippen molar-refractivity contribution in [3.63, 3.8) is 0 Å². The summed E-state index contributed by atoms with van der Waals surface area (Å²) in [6.07, 6.45) is 8.13. The summed E-state index contributed by atoms with van der Waals surface area (Å²) in [6, 6.07) is 18.2. The molecule has 0 bridgehead atoms. The smallest absolute Gasteiger partial charge is 0.248 e. The van der Waals surface area contributed by atoms with Gasteiger partial charge in [-0.3, -0.25) is 0 Å². The Morgan fingerprint density at radius 3 is 2.61 bits per heavy atom. The van der Waals surface area contributed by atoms with Crippen LogP contribution in [0.3, 0.4) is 0 Å². The molecule has 9 nitrogen and oxygen atoms in total. The van der Waals surface area contributed by atoms with Crippen LogP contribution in [-0.2, 0) is 12.8 Å². The van der Waals surface area contributed by atoms with Crippen molar-refractivity contribution in [3.05, 3.63) is 65.7 Å². The van der Waals surface area contributed by atoms with Gasteiger partial charge in [0.2, 0.25) is 11.9 Å². The summed E-state index contributed by atoms with van der Waals surface area (Å²) >= 11 is 0. The topological polar surface area (TPSA) is 116 Å². The van der Waals surface area contributed by atoms with Gasteiger partial charge in [0.15, 0.2) is 5.82 Å². The average molecular weight is 511 g/mol. The zero-order valence-electron chi connectivity index (χ0n) is 21.8. The Balaban J connectivity index is 1.10. The van der Waals surface area contributed by atoms with Gasteiger partial charge in [0.25, 0.3) is 0 Å². The van der Waals surface area contributed by atoms with Gasteiger partial charge in [-0.25, -0.2) is 0 Å². The van der Waals surface area contributed by atoms with Crippen LogP contribution in [0.2, 0.25) is 0 Å². The standard InChI is InChI=1S/C29H34N8O/c1-29(15-4-5-16-29)31-17-18-38-23-13-11-22(12-14-23)32-28-33-27(30)37(36-28)25-19-21-9-6-8-20-7-2-3-10-24(20)26(21)35-34-25/h2-3,7,10-14,19,31H,4-6,8-9,15-18H2,1H3,(H3,30,32,33,36). The first-order valence-electron chi connectivity index (χ1n) is 13.5. The van der Waals surface area contributed by atoms with E-state index in [1.165, 1.54) is 35.9 Å². The fraction of sp³-hybridized carbons (Fsp3) is 0.379. The number of rotatable bonds is 8. The number of nitrogens with one attached hydrogen (secondary N) is 2. The van der Waals surface area contributed by atoms with Crippen molar-refractivity contribution >= 4 is 17.6 Å². The maximum absolute atomic E-state index is 6.21. The Bertz CT molecular complexity index is 1410. The van der Waals surface area contributed by atoms with Gasteiger partial charge in [-0.15, -0.1) is 15.3 Å². The van der Waals surface area contributed by atoms with Crippen molar-refractivity contribution in [1.82, 2.24) is 30.3 Å². The van der Waals surface area contributed by atoms with E-state index in [1.54, 1.807) is 0 Å². The minimum absolute atomic E-state index is 0.249. The Hall–Kier alpha value is -3.98. The highest BCUT2D eigenvalue weighted by Gasteiger charge is 2.27. The third kappa shape index (κ3) is 5.19. The molecule has 2 aliphatic carbocycles. The summed E-state index contributed by atoms with van der Waals surface area (Å²) < 4.78 is 7.44. The van der Waals surface area contributed by atoms with E-state index in [1.807, 2.05) is 36.4 Å². The van der Waals surface area contributed by atoms with Crippen molar-refractivity contribution in [1.29, 1.82) is 0 Å². The summed E-state index contributed by atoms with van der Waals surface area (Å²) in [4.78, 5) is 4.39. The van der Waals surface area contributed by atoms with Crippen LogP contribution in [0.5, 0.6) is 5.75 Å². The predicted octanol–water partition coefficient (Wildman–Crippen LogP) is 4.84. The molecule has 4 N–H and O–H groups in total. The van der Waals surface area contributed by atoms with Crippen LogP contribution >= 0.6 is 0 Å².